The second kappa shape index (κ2) is 7.25. The molecular formula is C15H29N3O. The Labute approximate surface area is 117 Å². The van der Waals surface area contributed by atoms with Gasteiger partial charge in [0.25, 0.3) is 0 Å². The van der Waals surface area contributed by atoms with Crippen LogP contribution in [0.25, 0.3) is 0 Å². The lowest BCUT2D eigenvalue weighted by Gasteiger charge is -2.24. The van der Waals surface area contributed by atoms with E-state index in [1.807, 2.05) is 0 Å². The molecule has 2 N–H and O–H groups in total. The third kappa shape index (κ3) is 4.77. The minimum atomic E-state index is 0.211. The lowest BCUT2D eigenvalue weighted by molar-refractivity contribution is -0.124. The van der Waals surface area contributed by atoms with Gasteiger partial charge < -0.3 is 15.5 Å². The largest absolute Gasteiger partial charge is 0.354 e. The average Bonchev–Trinajstić information content (AvgIpc) is 2.85. The summed E-state index contributed by atoms with van der Waals surface area (Å²) < 4.78 is 0. The highest BCUT2D eigenvalue weighted by Gasteiger charge is 2.28. The molecule has 2 aliphatic heterocycles. The fourth-order valence-electron chi connectivity index (χ4n) is 3.20. The van der Waals surface area contributed by atoms with Gasteiger partial charge in [-0.3, -0.25) is 4.79 Å². The molecule has 0 aromatic heterocycles. The molecule has 19 heavy (non-hydrogen) atoms. The maximum atomic E-state index is 12.2. The number of nitrogens with zero attached hydrogens (tertiary/aromatic N) is 1. The van der Waals surface area contributed by atoms with Gasteiger partial charge in [0.15, 0.2) is 0 Å². The molecule has 2 saturated heterocycles. The van der Waals surface area contributed by atoms with Gasteiger partial charge in [-0.05, 0) is 38.3 Å². The summed E-state index contributed by atoms with van der Waals surface area (Å²) in [6.07, 6.45) is 4.79. The van der Waals surface area contributed by atoms with E-state index in [1.54, 1.807) is 0 Å². The van der Waals surface area contributed by atoms with Crippen molar-refractivity contribution >= 4 is 5.91 Å². The zero-order valence-electron chi connectivity index (χ0n) is 12.5. The number of nitrogens with one attached hydrogen (secondary N) is 2. The van der Waals surface area contributed by atoms with Gasteiger partial charge in [0.1, 0.15) is 0 Å². The van der Waals surface area contributed by atoms with Gasteiger partial charge in [-0.25, -0.2) is 0 Å². The van der Waals surface area contributed by atoms with Crippen molar-refractivity contribution in [2.75, 3.05) is 32.7 Å². The topological polar surface area (TPSA) is 44.4 Å². The van der Waals surface area contributed by atoms with Crippen molar-refractivity contribution in [3.05, 3.63) is 0 Å². The number of carbonyl (C=O) groups excluding carboxylic acids is 1. The molecule has 110 valence electrons. The van der Waals surface area contributed by atoms with E-state index in [1.165, 1.54) is 19.3 Å². The summed E-state index contributed by atoms with van der Waals surface area (Å²) in [7, 11) is 0. The molecule has 2 aliphatic rings. The van der Waals surface area contributed by atoms with Gasteiger partial charge in [-0.15, -0.1) is 0 Å². The van der Waals surface area contributed by atoms with E-state index in [9.17, 15) is 4.79 Å². The second-order valence-electron chi connectivity index (χ2n) is 6.53. The van der Waals surface area contributed by atoms with Crippen molar-refractivity contribution < 1.29 is 4.79 Å². The Morgan fingerprint density at radius 3 is 2.89 bits per heavy atom. The first-order valence-corrected chi connectivity index (χ1v) is 7.88. The molecule has 2 rings (SSSR count). The highest BCUT2D eigenvalue weighted by atomic mass is 16.1. The number of amides is 1. The highest BCUT2D eigenvalue weighted by molar-refractivity contribution is 5.79. The fraction of sp³-hybridized carbons (Fsp3) is 0.933. The Bertz CT molecular complexity index is 287. The summed E-state index contributed by atoms with van der Waals surface area (Å²) >= 11 is 0. The minimum absolute atomic E-state index is 0.211. The molecule has 0 bridgehead atoms. The third-order valence-electron chi connectivity index (χ3n) is 4.20. The molecule has 0 aliphatic carbocycles. The Morgan fingerprint density at radius 2 is 2.21 bits per heavy atom. The molecule has 0 radical (unpaired) electrons. The number of carbonyl (C=O) groups is 1. The summed E-state index contributed by atoms with van der Waals surface area (Å²) in [5.41, 5.74) is 0. The minimum Gasteiger partial charge on any atom is -0.354 e. The Morgan fingerprint density at radius 1 is 1.37 bits per heavy atom. The summed E-state index contributed by atoms with van der Waals surface area (Å²) in [6, 6.07) is 0.492. The number of rotatable bonds is 5. The Balaban J connectivity index is 1.66. The number of hydrogen-bond acceptors (Lipinski definition) is 3. The molecule has 1 amide bonds. The first kappa shape index (κ1) is 14.8. The molecule has 0 spiro atoms. The molecule has 4 heteroatoms. The van der Waals surface area contributed by atoms with Crippen LogP contribution in [-0.4, -0.2) is 49.6 Å². The molecule has 2 unspecified atom stereocenters. The zero-order chi connectivity index (χ0) is 13.7. The maximum absolute atomic E-state index is 12.2. The summed E-state index contributed by atoms with van der Waals surface area (Å²) in [5, 5.41) is 6.61. The van der Waals surface area contributed by atoms with Gasteiger partial charge in [0, 0.05) is 25.7 Å². The van der Waals surface area contributed by atoms with Gasteiger partial charge in [0.05, 0.1) is 5.92 Å². The van der Waals surface area contributed by atoms with E-state index in [0.29, 0.717) is 12.0 Å². The van der Waals surface area contributed by atoms with Crippen LogP contribution in [0.2, 0.25) is 0 Å². The van der Waals surface area contributed by atoms with E-state index in [2.05, 4.69) is 29.4 Å². The first-order valence-electron chi connectivity index (χ1n) is 7.88. The van der Waals surface area contributed by atoms with Crippen LogP contribution in [0.15, 0.2) is 0 Å². The number of hydrogen-bond donors (Lipinski definition) is 2. The number of piperidine rings is 1. The monoisotopic (exact) mass is 267 g/mol. The van der Waals surface area contributed by atoms with Crippen molar-refractivity contribution in [2.24, 2.45) is 11.8 Å². The van der Waals surface area contributed by atoms with Gasteiger partial charge >= 0.3 is 0 Å². The maximum Gasteiger partial charge on any atom is 0.224 e. The molecule has 2 atom stereocenters. The molecule has 0 aromatic rings. The molecule has 0 aromatic carbocycles. The molecule has 2 fully saturated rings. The van der Waals surface area contributed by atoms with Gasteiger partial charge in [-0.2, -0.15) is 0 Å². The lowest BCUT2D eigenvalue weighted by Crippen LogP contribution is -2.45. The summed E-state index contributed by atoms with van der Waals surface area (Å²) in [4.78, 5) is 14.6. The van der Waals surface area contributed by atoms with E-state index in [-0.39, 0.29) is 11.8 Å². The smallest absolute Gasteiger partial charge is 0.224 e. The van der Waals surface area contributed by atoms with E-state index >= 15 is 0 Å². The molecular weight excluding hydrogens is 238 g/mol. The van der Waals surface area contributed by atoms with E-state index in [0.717, 1.165) is 39.1 Å². The second-order valence-corrected chi connectivity index (χ2v) is 6.53. The zero-order valence-corrected chi connectivity index (χ0v) is 12.5. The lowest BCUT2D eigenvalue weighted by atomic mass is 10.0. The third-order valence-corrected chi connectivity index (χ3v) is 4.20. The van der Waals surface area contributed by atoms with Crippen molar-refractivity contribution in [3.63, 3.8) is 0 Å². The fourth-order valence-corrected chi connectivity index (χ4v) is 3.20. The van der Waals surface area contributed by atoms with Crippen LogP contribution in [0.1, 0.15) is 39.5 Å². The Hall–Kier alpha value is -0.610. The van der Waals surface area contributed by atoms with Crippen LogP contribution in [0, 0.1) is 11.8 Å². The van der Waals surface area contributed by atoms with Gasteiger partial charge in [-0.1, -0.05) is 20.3 Å². The molecule has 4 nitrogen and oxygen atoms in total. The van der Waals surface area contributed by atoms with Crippen LogP contribution < -0.4 is 10.6 Å². The van der Waals surface area contributed by atoms with Crippen LogP contribution in [0.4, 0.5) is 0 Å². The van der Waals surface area contributed by atoms with E-state index in [4.69, 9.17) is 0 Å². The normalized spacial score (nSPS) is 28.8. The Kier molecular flexibility index (Phi) is 5.64. The SMILES string of the molecule is CC(C)CN1CCC(C(=O)NCC2CCCCN2)C1. The van der Waals surface area contributed by atoms with Crippen molar-refractivity contribution in [1.29, 1.82) is 0 Å². The van der Waals surface area contributed by atoms with Gasteiger partial charge in [0.2, 0.25) is 5.91 Å². The van der Waals surface area contributed by atoms with Crippen LogP contribution in [0.5, 0.6) is 0 Å². The van der Waals surface area contributed by atoms with Crippen LogP contribution in [-0.2, 0) is 4.79 Å². The predicted octanol–water partition coefficient (Wildman–Crippen LogP) is 1.22. The summed E-state index contributed by atoms with van der Waals surface area (Å²) in [5.74, 6) is 1.16. The standard InChI is InChI=1S/C15H29N3O/c1-12(2)10-18-8-6-13(11-18)15(19)17-9-14-5-3-4-7-16-14/h12-14,16H,3-11H2,1-2H3,(H,17,19). The summed E-state index contributed by atoms with van der Waals surface area (Å²) in [6.45, 7) is 9.53. The first-order chi connectivity index (χ1) is 9.15. The van der Waals surface area contributed by atoms with Crippen molar-refractivity contribution in [2.45, 2.75) is 45.6 Å². The number of likely N-dealkylation sites (tertiary alicyclic amines) is 1. The van der Waals surface area contributed by atoms with E-state index < -0.39 is 0 Å². The van der Waals surface area contributed by atoms with Crippen molar-refractivity contribution in [3.8, 4) is 0 Å². The molecule has 0 saturated carbocycles. The van der Waals surface area contributed by atoms with Crippen LogP contribution in [0.3, 0.4) is 0 Å². The highest BCUT2D eigenvalue weighted by Crippen LogP contribution is 2.17. The molecule has 2 heterocycles. The average molecular weight is 267 g/mol. The quantitative estimate of drug-likeness (QED) is 0.787. The predicted molar refractivity (Wildman–Crippen MR) is 78.0 cm³/mol. The van der Waals surface area contributed by atoms with Crippen LogP contribution >= 0.6 is 0 Å². The van der Waals surface area contributed by atoms with Crippen molar-refractivity contribution in [1.82, 2.24) is 15.5 Å².